The predicted molar refractivity (Wildman–Crippen MR) is 66.1 cm³/mol. The molecule has 1 heterocycles. The molecular weight excluding hydrogens is 236 g/mol. The van der Waals surface area contributed by atoms with Crippen molar-refractivity contribution in [2.24, 2.45) is 0 Å². The molecule has 0 aromatic heterocycles. The van der Waals surface area contributed by atoms with Gasteiger partial charge in [0.2, 0.25) is 0 Å². The lowest BCUT2D eigenvalue weighted by Crippen LogP contribution is -2.48. The summed E-state index contributed by atoms with van der Waals surface area (Å²) in [7, 11) is 0. The zero-order chi connectivity index (χ0) is 13.4. The average Bonchev–Trinajstić information content (AvgIpc) is 2.38. The zero-order valence-corrected chi connectivity index (χ0v) is 11.1. The van der Waals surface area contributed by atoms with Crippen LogP contribution >= 0.6 is 0 Å². The van der Waals surface area contributed by atoms with Crippen LogP contribution in [0, 0.1) is 0 Å². The van der Waals surface area contributed by atoms with E-state index in [0.717, 1.165) is 0 Å². The lowest BCUT2D eigenvalue weighted by Gasteiger charge is -2.26. The maximum atomic E-state index is 11.7. The minimum atomic E-state index is -0.540. The summed E-state index contributed by atoms with van der Waals surface area (Å²) in [4.78, 5) is 24.8. The number of carbonyl (C=O) groups is 2. The Morgan fingerprint density at radius 1 is 1.33 bits per heavy atom. The van der Waals surface area contributed by atoms with Gasteiger partial charge in [-0.05, 0) is 20.3 Å². The van der Waals surface area contributed by atoms with Gasteiger partial charge in [-0.2, -0.15) is 0 Å². The Morgan fingerprint density at radius 2 is 2.00 bits per heavy atom. The summed E-state index contributed by atoms with van der Waals surface area (Å²) in [5, 5.41) is 2.60. The van der Waals surface area contributed by atoms with Crippen molar-refractivity contribution in [3.05, 3.63) is 0 Å². The van der Waals surface area contributed by atoms with Crippen LogP contribution in [0.15, 0.2) is 0 Å². The Hall–Kier alpha value is -1.14. The number of hydrogen-bond acceptors (Lipinski definition) is 4. The number of nitrogens with one attached hydrogen (secondary N) is 1. The number of rotatable bonds is 5. The lowest BCUT2D eigenvalue weighted by atomic mass is 10.3. The van der Waals surface area contributed by atoms with Crippen LogP contribution in [0.2, 0.25) is 0 Å². The molecule has 1 rings (SSSR count). The number of morpholine rings is 1. The molecule has 0 radical (unpaired) electrons. The maximum absolute atomic E-state index is 11.7. The molecule has 0 aliphatic carbocycles. The summed E-state index contributed by atoms with van der Waals surface area (Å²) in [6.45, 7) is 6.94. The summed E-state index contributed by atoms with van der Waals surface area (Å²) in [5.74, 6) is -1.01. The summed E-state index contributed by atoms with van der Waals surface area (Å²) in [5.41, 5.74) is 0. The highest BCUT2D eigenvalue weighted by molar-refractivity contribution is 6.35. The van der Waals surface area contributed by atoms with Gasteiger partial charge in [0, 0.05) is 26.2 Å². The SMILES string of the molecule is CC(C)OCCCNC(=O)C(=O)N1CCOCC1. The molecular formula is C12H22N2O4. The summed E-state index contributed by atoms with van der Waals surface area (Å²) in [6.07, 6.45) is 0.899. The predicted octanol–water partition coefficient (Wildman–Crippen LogP) is -0.223. The van der Waals surface area contributed by atoms with Crippen molar-refractivity contribution in [2.45, 2.75) is 26.4 Å². The number of amides is 2. The van der Waals surface area contributed by atoms with Gasteiger partial charge in [0.25, 0.3) is 0 Å². The van der Waals surface area contributed by atoms with E-state index in [1.165, 1.54) is 4.90 Å². The molecule has 0 saturated carbocycles. The summed E-state index contributed by atoms with van der Waals surface area (Å²) in [6, 6.07) is 0. The number of ether oxygens (including phenoxy) is 2. The van der Waals surface area contributed by atoms with Crippen molar-refractivity contribution in [3.8, 4) is 0 Å². The standard InChI is InChI=1S/C12H22N2O4/c1-10(2)18-7-3-4-13-11(15)12(16)14-5-8-17-9-6-14/h10H,3-9H2,1-2H3,(H,13,15). The van der Waals surface area contributed by atoms with E-state index in [2.05, 4.69) is 5.32 Å². The second-order valence-electron chi connectivity index (χ2n) is 4.43. The molecule has 2 amide bonds. The molecule has 1 saturated heterocycles. The normalized spacial score (nSPS) is 15.8. The Kier molecular flexibility index (Phi) is 6.67. The molecule has 1 aliphatic rings. The van der Waals surface area contributed by atoms with Crippen LogP contribution in [0.25, 0.3) is 0 Å². The van der Waals surface area contributed by atoms with E-state index >= 15 is 0 Å². The summed E-state index contributed by atoms with van der Waals surface area (Å²) >= 11 is 0. The first-order valence-electron chi connectivity index (χ1n) is 6.37. The van der Waals surface area contributed by atoms with Crippen molar-refractivity contribution < 1.29 is 19.1 Å². The highest BCUT2D eigenvalue weighted by atomic mass is 16.5. The van der Waals surface area contributed by atoms with Gasteiger partial charge in [-0.3, -0.25) is 9.59 Å². The Morgan fingerprint density at radius 3 is 2.61 bits per heavy atom. The highest BCUT2D eigenvalue weighted by Gasteiger charge is 2.22. The van der Waals surface area contributed by atoms with Crippen molar-refractivity contribution in [3.63, 3.8) is 0 Å². The zero-order valence-electron chi connectivity index (χ0n) is 11.1. The minimum absolute atomic E-state index is 0.190. The van der Waals surface area contributed by atoms with Crippen LogP contribution in [0.5, 0.6) is 0 Å². The third-order valence-corrected chi connectivity index (χ3v) is 2.55. The van der Waals surface area contributed by atoms with E-state index in [0.29, 0.717) is 45.9 Å². The summed E-state index contributed by atoms with van der Waals surface area (Å²) < 4.78 is 10.5. The third kappa shape index (κ3) is 5.46. The fourth-order valence-corrected chi connectivity index (χ4v) is 1.58. The second kappa shape index (κ2) is 8.05. The molecule has 0 aromatic carbocycles. The van der Waals surface area contributed by atoms with Crippen LogP contribution in [-0.2, 0) is 19.1 Å². The average molecular weight is 258 g/mol. The van der Waals surface area contributed by atoms with Gasteiger partial charge in [-0.1, -0.05) is 0 Å². The lowest BCUT2D eigenvalue weighted by molar-refractivity contribution is -0.148. The molecule has 1 aliphatic heterocycles. The largest absolute Gasteiger partial charge is 0.379 e. The van der Waals surface area contributed by atoms with Gasteiger partial charge in [0.05, 0.1) is 19.3 Å². The molecule has 104 valence electrons. The van der Waals surface area contributed by atoms with Crippen LogP contribution in [0.4, 0.5) is 0 Å². The molecule has 0 spiro atoms. The Bertz CT molecular complexity index is 275. The highest BCUT2D eigenvalue weighted by Crippen LogP contribution is 1.97. The molecule has 18 heavy (non-hydrogen) atoms. The fraction of sp³-hybridized carbons (Fsp3) is 0.833. The van der Waals surface area contributed by atoms with E-state index in [-0.39, 0.29) is 6.10 Å². The van der Waals surface area contributed by atoms with E-state index in [1.807, 2.05) is 13.8 Å². The van der Waals surface area contributed by atoms with Gasteiger partial charge in [0.15, 0.2) is 0 Å². The fourth-order valence-electron chi connectivity index (χ4n) is 1.58. The van der Waals surface area contributed by atoms with Crippen molar-refractivity contribution in [1.29, 1.82) is 0 Å². The van der Waals surface area contributed by atoms with Crippen LogP contribution in [-0.4, -0.2) is 62.3 Å². The van der Waals surface area contributed by atoms with E-state index in [4.69, 9.17) is 9.47 Å². The molecule has 1 fully saturated rings. The van der Waals surface area contributed by atoms with Gasteiger partial charge >= 0.3 is 11.8 Å². The maximum Gasteiger partial charge on any atom is 0.312 e. The van der Waals surface area contributed by atoms with Crippen molar-refractivity contribution in [2.75, 3.05) is 39.5 Å². The first kappa shape index (κ1) is 14.9. The van der Waals surface area contributed by atoms with Crippen LogP contribution < -0.4 is 5.32 Å². The number of carbonyl (C=O) groups excluding carboxylic acids is 2. The van der Waals surface area contributed by atoms with Crippen LogP contribution in [0.1, 0.15) is 20.3 Å². The molecule has 0 atom stereocenters. The van der Waals surface area contributed by atoms with Crippen molar-refractivity contribution in [1.82, 2.24) is 10.2 Å². The molecule has 6 nitrogen and oxygen atoms in total. The van der Waals surface area contributed by atoms with Gasteiger partial charge < -0.3 is 19.7 Å². The molecule has 0 aromatic rings. The Labute approximate surface area is 108 Å². The van der Waals surface area contributed by atoms with Gasteiger partial charge in [0.1, 0.15) is 0 Å². The molecule has 6 heteroatoms. The van der Waals surface area contributed by atoms with Gasteiger partial charge in [-0.25, -0.2) is 0 Å². The quantitative estimate of drug-likeness (QED) is 0.546. The molecule has 1 N–H and O–H groups in total. The van der Waals surface area contributed by atoms with Crippen molar-refractivity contribution >= 4 is 11.8 Å². The topological polar surface area (TPSA) is 67.9 Å². The first-order valence-corrected chi connectivity index (χ1v) is 6.37. The van der Waals surface area contributed by atoms with Gasteiger partial charge in [-0.15, -0.1) is 0 Å². The number of nitrogens with zero attached hydrogens (tertiary/aromatic N) is 1. The Balaban J connectivity index is 2.13. The van der Waals surface area contributed by atoms with E-state index < -0.39 is 11.8 Å². The van der Waals surface area contributed by atoms with Crippen LogP contribution in [0.3, 0.4) is 0 Å². The second-order valence-corrected chi connectivity index (χ2v) is 4.43. The molecule has 0 bridgehead atoms. The minimum Gasteiger partial charge on any atom is -0.379 e. The smallest absolute Gasteiger partial charge is 0.312 e. The van der Waals surface area contributed by atoms with E-state index in [9.17, 15) is 9.59 Å². The molecule has 0 unspecified atom stereocenters. The number of hydrogen-bond donors (Lipinski definition) is 1. The van der Waals surface area contributed by atoms with E-state index in [1.54, 1.807) is 0 Å². The monoisotopic (exact) mass is 258 g/mol. The third-order valence-electron chi connectivity index (χ3n) is 2.55. The first-order chi connectivity index (χ1) is 8.61.